The molecule has 0 aromatic carbocycles. The molecule has 0 aromatic rings. The molecule has 0 spiro atoms. The molecule has 0 radical (unpaired) electrons. The molecule has 18 heavy (non-hydrogen) atoms. The normalized spacial score (nSPS) is 29.9. The number of allylic oxidation sites excluding steroid dienone is 4. The largest absolute Gasteiger partial charge is 0.359 e. The van der Waals surface area contributed by atoms with E-state index in [1.165, 1.54) is 13.1 Å². The number of rotatable bonds is 4. The third-order valence-electron chi connectivity index (χ3n) is 3.74. The van der Waals surface area contributed by atoms with E-state index in [1.54, 1.807) is 6.08 Å². The van der Waals surface area contributed by atoms with E-state index in [0.29, 0.717) is 19.3 Å². The Bertz CT molecular complexity index is 480. The molecule has 2 atom stereocenters. The standard InChI is InChI=1S/C12H14N2O4/c1-13-11(16)10-6-12(10,7-15)8-2-4-9(5-3-8)14(17)18/h2,4,7,10H,3,5-6H2,1H3,(H,13,16). The second-order valence-corrected chi connectivity index (χ2v) is 4.64. The van der Waals surface area contributed by atoms with Gasteiger partial charge in [-0.3, -0.25) is 14.9 Å². The molecule has 1 saturated carbocycles. The van der Waals surface area contributed by atoms with Crippen LogP contribution >= 0.6 is 0 Å². The molecule has 2 aliphatic carbocycles. The topological polar surface area (TPSA) is 89.3 Å². The zero-order valence-electron chi connectivity index (χ0n) is 10.0. The lowest BCUT2D eigenvalue weighted by molar-refractivity contribution is -0.428. The Morgan fingerprint density at radius 1 is 1.56 bits per heavy atom. The third kappa shape index (κ3) is 1.83. The minimum absolute atomic E-state index is 0.146. The van der Waals surface area contributed by atoms with Gasteiger partial charge in [0.25, 0.3) is 0 Å². The van der Waals surface area contributed by atoms with Crippen molar-refractivity contribution in [2.75, 3.05) is 7.05 Å². The fourth-order valence-corrected chi connectivity index (χ4v) is 2.51. The van der Waals surface area contributed by atoms with Crippen LogP contribution < -0.4 is 5.32 Å². The first-order valence-corrected chi connectivity index (χ1v) is 5.77. The number of nitro groups is 1. The summed E-state index contributed by atoms with van der Waals surface area (Å²) >= 11 is 0. The van der Waals surface area contributed by atoms with Crippen molar-refractivity contribution >= 4 is 12.2 Å². The summed E-state index contributed by atoms with van der Waals surface area (Å²) in [7, 11) is 1.54. The molecule has 1 N–H and O–H groups in total. The van der Waals surface area contributed by atoms with Gasteiger partial charge in [0.2, 0.25) is 11.6 Å². The summed E-state index contributed by atoms with van der Waals surface area (Å²) in [6.07, 6.45) is 5.16. The SMILES string of the molecule is CNC(=O)C1CC1(C=O)C1=CC=C([N+](=O)[O-])CC1. The monoisotopic (exact) mass is 250 g/mol. The summed E-state index contributed by atoms with van der Waals surface area (Å²) < 4.78 is 0. The van der Waals surface area contributed by atoms with Gasteiger partial charge < -0.3 is 10.1 Å². The molecule has 0 aliphatic heterocycles. The van der Waals surface area contributed by atoms with Crippen LogP contribution in [-0.4, -0.2) is 24.2 Å². The maximum atomic E-state index is 11.5. The number of nitrogens with one attached hydrogen (secondary N) is 1. The minimum atomic E-state index is -0.723. The first kappa shape index (κ1) is 12.5. The summed E-state index contributed by atoms with van der Waals surface area (Å²) in [5.74, 6) is -0.469. The Labute approximate surface area is 104 Å². The van der Waals surface area contributed by atoms with Gasteiger partial charge >= 0.3 is 0 Å². The zero-order chi connectivity index (χ0) is 13.3. The van der Waals surface area contributed by atoms with Gasteiger partial charge in [-0.05, 0) is 12.8 Å². The van der Waals surface area contributed by atoms with Gasteiger partial charge in [0, 0.05) is 19.5 Å². The number of carbonyl (C=O) groups is 2. The maximum Gasteiger partial charge on any atom is 0.246 e. The molecule has 0 heterocycles. The fraction of sp³-hybridized carbons (Fsp3) is 0.500. The molecule has 6 heteroatoms. The maximum absolute atomic E-state index is 11.5. The zero-order valence-corrected chi connectivity index (χ0v) is 10.0. The quantitative estimate of drug-likeness (QED) is 0.454. The second-order valence-electron chi connectivity index (χ2n) is 4.64. The first-order chi connectivity index (χ1) is 8.55. The minimum Gasteiger partial charge on any atom is -0.359 e. The van der Waals surface area contributed by atoms with Crippen LogP contribution in [0.5, 0.6) is 0 Å². The molecule has 6 nitrogen and oxygen atoms in total. The highest BCUT2D eigenvalue weighted by molar-refractivity contribution is 5.90. The van der Waals surface area contributed by atoms with E-state index in [-0.39, 0.29) is 17.5 Å². The molecule has 0 bridgehead atoms. The van der Waals surface area contributed by atoms with Crippen LogP contribution in [0.2, 0.25) is 0 Å². The van der Waals surface area contributed by atoms with E-state index in [1.807, 2.05) is 0 Å². The van der Waals surface area contributed by atoms with E-state index < -0.39 is 10.3 Å². The lowest BCUT2D eigenvalue weighted by atomic mass is 9.87. The first-order valence-electron chi connectivity index (χ1n) is 5.77. The number of carbonyl (C=O) groups excluding carboxylic acids is 2. The number of hydrogen-bond donors (Lipinski definition) is 1. The van der Waals surface area contributed by atoms with Crippen LogP contribution in [0, 0.1) is 21.4 Å². The molecule has 0 aromatic heterocycles. The van der Waals surface area contributed by atoms with E-state index in [4.69, 9.17) is 0 Å². The van der Waals surface area contributed by atoms with Crippen molar-refractivity contribution < 1.29 is 14.5 Å². The molecule has 1 fully saturated rings. The fourth-order valence-electron chi connectivity index (χ4n) is 2.51. The number of nitrogens with zero attached hydrogens (tertiary/aromatic N) is 1. The molecule has 0 saturated heterocycles. The van der Waals surface area contributed by atoms with Crippen LogP contribution in [0.3, 0.4) is 0 Å². The smallest absolute Gasteiger partial charge is 0.246 e. The van der Waals surface area contributed by atoms with Crippen molar-refractivity contribution in [3.8, 4) is 0 Å². The van der Waals surface area contributed by atoms with Crippen molar-refractivity contribution in [3.05, 3.63) is 33.5 Å². The molecule has 2 aliphatic rings. The molecular formula is C12H14N2O4. The summed E-state index contributed by atoms with van der Waals surface area (Å²) in [4.78, 5) is 33.0. The van der Waals surface area contributed by atoms with Crippen LogP contribution in [0.4, 0.5) is 0 Å². The summed E-state index contributed by atoms with van der Waals surface area (Å²) in [5, 5.41) is 13.1. The van der Waals surface area contributed by atoms with Gasteiger partial charge in [0.1, 0.15) is 6.29 Å². The Morgan fingerprint density at radius 3 is 2.72 bits per heavy atom. The van der Waals surface area contributed by atoms with Gasteiger partial charge in [-0.1, -0.05) is 11.6 Å². The Kier molecular flexibility index (Phi) is 3.02. The predicted octanol–water partition coefficient (Wildman–Crippen LogP) is 0.818. The summed E-state index contributed by atoms with van der Waals surface area (Å²) in [6, 6.07) is 0. The van der Waals surface area contributed by atoms with Gasteiger partial charge in [-0.2, -0.15) is 0 Å². The Morgan fingerprint density at radius 2 is 2.28 bits per heavy atom. The Balaban J connectivity index is 2.20. The molecule has 96 valence electrons. The van der Waals surface area contributed by atoms with Crippen molar-refractivity contribution in [2.24, 2.45) is 11.3 Å². The average molecular weight is 250 g/mol. The van der Waals surface area contributed by atoms with E-state index in [0.717, 1.165) is 11.9 Å². The highest BCUT2D eigenvalue weighted by Gasteiger charge is 2.60. The summed E-state index contributed by atoms with van der Waals surface area (Å²) in [6.45, 7) is 0. The predicted molar refractivity (Wildman–Crippen MR) is 63.1 cm³/mol. The van der Waals surface area contributed by atoms with E-state index in [9.17, 15) is 19.7 Å². The average Bonchev–Trinajstić information content (AvgIpc) is 3.14. The van der Waals surface area contributed by atoms with Crippen LogP contribution in [0.15, 0.2) is 23.4 Å². The number of hydrogen-bond acceptors (Lipinski definition) is 4. The van der Waals surface area contributed by atoms with Gasteiger partial charge in [0.15, 0.2) is 0 Å². The second kappa shape index (κ2) is 4.36. The van der Waals surface area contributed by atoms with Gasteiger partial charge in [0.05, 0.1) is 16.3 Å². The molecule has 2 unspecified atom stereocenters. The Hall–Kier alpha value is -1.98. The third-order valence-corrected chi connectivity index (χ3v) is 3.74. The van der Waals surface area contributed by atoms with Crippen LogP contribution in [0.25, 0.3) is 0 Å². The number of aldehydes is 1. The van der Waals surface area contributed by atoms with Crippen molar-refractivity contribution in [3.63, 3.8) is 0 Å². The van der Waals surface area contributed by atoms with Gasteiger partial charge in [-0.15, -0.1) is 0 Å². The van der Waals surface area contributed by atoms with Crippen molar-refractivity contribution in [2.45, 2.75) is 19.3 Å². The summed E-state index contributed by atoms with van der Waals surface area (Å²) in [5.41, 5.74) is 0.257. The van der Waals surface area contributed by atoms with Crippen molar-refractivity contribution in [1.29, 1.82) is 0 Å². The lowest BCUT2D eigenvalue weighted by Crippen LogP contribution is -2.25. The van der Waals surface area contributed by atoms with Crippen molar-refractivity contribution in [1.82, 2.24) is 5.32 Å². The van der Waals surface area contributed by atoms with Crippen LogP contribution in [0.1, 0.15) is 19.3 Å². The highest BCUT2D eigenvalue weighted by Crippen LogP contribution is 2.58. The molecule has 2 rings (SSSR count). The molecule has 1 amide bonds. The van der Waals surface area contributed by atoms with E-state index >= 15 is 0 Å². The van der Waals surface area contributed by atoms with Crippen LogP contribution in [-0.2, 0) is 9.59 Å². The lowest BCUT2D eigenvalue weighted by Gasteiger charge is -2.16. The van der Waals surface area contributed by atoms with E-state index in [2.05, 4.69) is 5.32 Å². The van der Waals surface area contributed by atoms with Gasteiger partial charge in [-0.25, -0.2) is 0 Å². The highest BCUT2D eigenvalue weighted by atomic mass is 16.6. The number of amides is 1. The molecular weight excluding hydrogens is 236 g/mol.